The van der Waals surface area contributed by atoms with Gasteiger partial charge in [0.25, 0.3) is 0 Å². The van der Waals surface area contributed by atoms with E-state index >= 15 is 0 Å². The van der Waals surface area contributed by atoms with E-state index in [1.54, 1.807) is 0 Å². The molecule has 1 aliphatic rings. The van der Waals surface area contributed by atoms with Crippen LogP contribution in [0.5, 0.6) is 0 Å². The summed E-state index contributed by atoms with van der Waals surface area (Å²) in [5.41, 5.74) is 0. The van der Waals surface area contributed by atoms with E-state index in [1.807, 2.05) is 0 Å². The number of rotatable bonds is 12. The number of ether oxygens (including phenoxy) is 1. The molecule has 0 aromatic heterocycles. The molecule has 0 radical (unpaired) electrons. The van der Waals surface area contributed by atoms with Crippen molar-refractivity contribution in [3.8, 4) is 0 Å². The largest absolute Gasteiger partial charge is 1.00 e. The Morgan fingerprint density at radius 3 is 2.36 bits per heavy atom. The van der Waals surface area contributed by atoms with Crippen LogP contribution in [0.3, 0.4) is 0 Å². The van der Waals surface area contributed by atoms with Crippen LogP contribution >= 0.6 is 0 Å². The summed E-state index contributed by atoms with van der Waals surface area (Å²) < 4.78 is 86.7. The fourth-order valence-corrected chi connectivity index (χ4v) is 5.06. The van der Waals surface area contributed by atoms with Crippen molar-refractivity contribution < 1.29 is 73.1 Å². The van der Waals surface area contributed by atoms with E-state index in [-0.39, 0.29) is 61.6 Å². The molecular weight excluding hydrogens is 451 g/mol. The van der Waals surface area contributed by atoms with E-state index in [9.17, 15) is 34.6 Å². The van der Waals surface area contributed by atoms with Gasteiger partial charge < -0.3 is 14.6 Å². The third kappa shape index (κ3) is 11.8. The van der Waals surface area contributed by atoms with E-state index in [0.717, 1.165) is 5.41 Å². The van der Waals surface area contributed by atoms with E-state index in [4.69, 9.17) is 4.74 Å². The Labute approximate surface area is 186 Å². The minimum Gasteiger partial charge on any atom is -0.726 e. The molecule has 1 fully saturated rings. The van der Waals surface area contributed by atoms with Gasteiger partial charge in [0, 0.05) is 24.9 Å². The van der Waals surface area contributed by atoms with Crippen LogP contribution < -0.4 is 40.2 Å². The van der Waals surface area contributed by atoms with Crippen molar-refractivity contribution in [3.63, 3.8) is 0 Å². The molecule has 1 amide bonds. The number of hydrogen-bond donors (Lipinski definition) is 2. The maximum atomic E-state index is 11.5. The summed E-state index contributed by atoms with van der Waals surface area (Å²) in [6, 6.07) is 0. The molecule has 0 bridgehead atoms. The molecule has 16 heteroatoms. The van der Waals surface area contributed by atoms with Gasteiger partial charge >= 0.3 is 29.6 Å². The van der Waals surface area contributed by atoms with Crippen LogP contribution in [0.1, 0.15) is 6.42 Å². The molecule has 1 rings (SSSR count). The average Bonchev–Trinajstić information content (AvgIpc) is 2.80. The van der Waals surface area contributed by atoms with Crippen LogP contribution in [0.25, 0.3) is 0 Å². The van der Waals surface area contributed by atoms with Crippen LogP contribution in [0, 0.1) is 0 Å². The number of sulfone groups is 2. The summed E-state index contributed by atoms with van der Waals surface area (Å²) in [5, 5.41) is 5.95. The van der Waals surface area contributed by atoms with Crippen molar-refractivity contribution >= 4 is 36.0 Å². The van der Waals surface area contributed by atoms with Gasteiger partial charge in [-0.15, -0.1) is 0 Å². The van der Waals surface area contributed by atoms with Gasteiger partial charge in [-0.2, -0.15) is 0 Å². The van der Waals surface area contributed by atoms with Gasteiger partial charge in [-0.25, -0.2) is 25.3 Å². The second-order valence-electron chi connectivity index (χ2n) is 5.60. The van der Waals surface area contributed by atoms with Crippen LogP contribution in [-0.2, 0) is 43.8 Å². The molecule has 28 heavy (non-hydrogen) atoms. The normalized spacial score (nSPS) is 21.6. The summed E-state index contributed by atoms with van der Waals surface area (Å²) in [4.78, 5) is 11.5. The van der Waals surface area contributed by atoms with E-state index < -0.39 is 59.7 Å². The van der Waals surface area contributed by atoms with Crippen molar-refractivity contribution in [2.75, 3.05) is 37.1 Å². The second kappa shape index (κ2) is 11.9. The number of amides is 1. The Balaban J connectivity index is 0.00000729. The average molecular weight is 472 g/mol. The number of hydrogen-bond acceptors (Lipinski definition) is 11. The zero-order valence-corrected chi connectivity index (χ0v) is 19.6. The molecule has 0 aromatic rings. The zero-order valence-electron chi connectivity index (χ0n) is 15.2. The number of carbonyl (C=O) groups is 1. The Kier molecular flexibility index (Phi) is 11.9. The van der Waals surface area contributed by atoms with E-state index in [2.05, 4.69) is 21.4 Å². The number of nitrogens with one attached hydrogen (secondary N) is 2. The first-order valence-corrected chi connectivity index (χ1v) is 12.5. The van der Waals surface area contributed by atoms with Crippen LogP contribution in [-0.4, -0.2) is 85.0 Å². The van der Waals surface area contributed by atoms with Crippen molar-refractivity contribution in [3.05, 3.63) is 12.0 Å². The Morgan fingerprint density at radius 2 is 1.79 bits per heavy atom. The predicted molar refractivity (Wildman–Crippen MR) is 92.6 cm³/mol. The van der Waals surface area contributed by atoms with Gasteiger partial charge in [-0.3, -0.25) is 14.3 Å². The molecule has 1 heterocycles. The zero-order chi connectivity index (χ0) is 20.7. The third-order valence-corrected chi connectivity index (χ3v) is 6.82. The molecule has 0 aromatic carbocycles. The first kappa shape index (κ1) is 27.9. The number of carbonyl (C=O) groups excluding carboxylic acids is 1. The van der Waals surface area contributed by atoms with Gasteiger partial charge in [0.1, 0.15) is 12.2 Å². The van der Waals surface area contributed by atoms with Gasteiger partial charge in [-0.1, -0.05) is 6.58 Å². The minimum atomic E-state index is -5.07. The summed E-state index contributed by atoms with van der Waals surface area (Å²) in [6.45, 7) is 3.31. The Morgan fingerprint density at radius 1 is 1.18 bits per heavy atom. The Bertz CT molecular complexity index is 841. The minimum absolute atomic E-state index is 0. The summed E-state index contributed by atoms with van der Waals surface area (Å²) in [5.74, 6) is -1.94. The molecular formula is C12H21N2NaO10S3. The summed E-state index contributed by atoms with van der Waals surface area (Å²) in [6.07, 6.45) is -2.75. The third-order valence-electron chi connectivity index (χ3n) is 3.38. The van der Waals surface area contributed by atoms with Gasteiger partial charge in [-0.05, 0) is 0 Å². The van der Waals surface area contributed by atoms with Crippen molar-refractivity contribution in [2.24, 2.45) is 0 Å². The smallest absolute Gasteiger partial charge is 0.726 e. The van der Waals surface area contributed by atoms with E-state index in [1.165, 1.54) is 0 Å². The summed E-state index contributed by atoms with van der Waals surface area (Å²) >= 11 is 0. The first-order chi connectivity index (χ1) is 12.3. The van der Waals surface area contributed by atoms with Crippen molar-refractivity contribution in [1.82, 2.24) is 10.6 Å². The summed E-state index contributed by atoms with van der Waals surface area (Å²) in [7, 11) is -12.1. The van der Waals surface area contributed by atoms with Crippen LogP contribution in [0.4, 0.5) is 0 Å². The molecule has 2 unspecified atom stereocenters. The van der Waals surface area contributed by atoms with Crippen molar-refractivity contribution in [1.29, 1.82) is 0 Å². The fourth-order valence-electron chi connectivity index (χ4n) is 2.11. The molecule has 0 spiro atoms. The molecule has 158 valence electrons. The molecule has 2 N–H and O–H groups in total. The molecule has 0 saturated carbocycles. The molecule has 2 atom stereocenters. The molecule has 12 nitrogen and oxygen atoms in total. The SMILES string of the molecule is C=CS(=O)(=O)CCC(=O)NCCNCOC1CS(=O)(=O)CC1OS(=O)(=O)[O-].[Na+]. The quantitative estimate of drug-likeness (QED) is 0.0906. The topological polar surface area (TPSA) is 185 Å². The van der Waals surface area contributed by atoms with E-state index in [0.29, 0.717) is 0 Å². The molecule has 1 aliphatic heterocycles. The standard InChI is InChI=1S/C12H22N2O10S3.Na/c1-2-25(16,17)6-3-12(15)14-5-4-13-9-23-10-7-26(18,19)8-11(10)24-27(20,21)22;/h2,10-11,13H,1,3-9H2,(H,14,15)(H,20,21,22);/q;+1/p-1. The molecule has 1 saturated heterocycles. The van der Waals surface area contributed by atoms with Gasteiger partial charge in [0.05, 0.1) is 24.0 Å². The Hall–Kier alpha value is -0.100. The van der Waals surface area contributed by atoms with Crippen LogP contribution in [0.15, 0.2) is 12.0 Å². The van der Waals surface area contributed by atoms with Gasteiger partial charge in [0.2, 0.25) is 16.3 Å². The monoisotopic (exact) mass is 472 g/mol. The first-order valence-electron chi connectivity index (χ1n) is 7.62. The molecule has 0 aliphatic carbocycles. The van der Waals surface area contributed by atoms with Gasteiger partial charge in [0.15, 0.2) is 19.7 Å². The fraction of sp³-hybridized carbons (Fsp3) is 0.750. The van der Waals surface area contributed by atoms with Crippen LogP contribution in [0.2, 0.25) is 0 Å². The predicted octanol–water partition coefficient (Wildman–Crippen LogP) is -5.74. The second-order valence-corrected chi connectivity index (χ2v) is 10.8. The maximum Gasteiger partial charge on any atom is 1.00 e. The maximum absolute atomic E-state index is 11.5. The van der Waals surface area contributed by atoms with Crippen molar-refractivity contribution in [2.45, 2.75) is 18.6 Å².